The second-order valence-corrected chi connectivity index (χ2v) is 6.62. The molecular formula is C19H28F2O2. The highest BCUT2D eigenvalue weighted by Crippen LogP contribution is 2.34. The van der Waals surface area contributed by atoms with Gasteiger partial charge in [-0.15, -0.1) is 0 Å². The van der Waals surface area contributed by atoms with Crippen LogP contribution in [0.15, 0.2) is 12.1 Å². The van der Waals surface area contributed by atoms with Gasteiger partial charge < -0.3 is 9.47 Å². The van der Waals surface area contributed by atoms with Crippen LogP contribution < -0.4 is 4.74 Å². The molecule has 0 amide bonds. The first-order chi connectivity index (χ1) is 11.2. The molecule has 0 aliphatic heterocycles. The first-order valence-electron chi connectivity index (χ1n) is 8.74. The summed E-state index contributed by atoms with van der Waals surface area (Å²) >= 11 is 0. The summed E-state index contributed by atoms with van der Waals surface area (Å²) in [6.07, 6.45) is 9.16. The number of rotatable bonds is 8. The number of methoxy groups -OCH3 is 1. The van der Waals surface area contributed by atoms with Crippen LogP contribution in [0.4, 0.5) is 8.78 Å². The van der Waals surface area contributed by atoms with Crippen LogP contribution in [0.2, 0.25) is 0 Å². The van der Waals surface area contributed by atoms with E-state index in [9.17, 15) is 8.78 Å². The van der Waals surface area contributed by atoms with E-state index in [1.807, 2.05) is 0 Å². The third-order valence-electron chi connectivity index (χ3n) is 4.94. The molecule has 4 heteroatoms. The van der Waals surface area contributed by atoms with Crippen molar-refractivity contribution in [3.63, 3.8) is 0 Å². The van der Waals surface area contributed by atoms with Gasteiger partial charge in [0.05, 0.1) is 0 Å². The van der Waals surface area contributed by atoms with Gasteiger partial charge in [-0.3, -0.25) is 0 Å². The summed E-state index contributed by atoms with van der Waals surface area (Å²) in [4.78, 5) is 0. The van der Waals surface area contributed by atoms with Crippen LogP contribution >= 0.6 is 0 Å². The molecule has 0 spiro atoms. The largest absolute Gasteiger partial charge is 0.464 e. The second-order valence-electron chi connectivity index (χ2n) is 6.62. The molecule has 1 aromatic carbocycles. The topological polar surface area (TPSA) is 18.5 Å². The third kappa shape index (κ3) is 5.17. The van der Waals surface area contributed by atoms with E-state index >= 15 is 0 Å². The molecule has 1 aliphatic rings. The van der Waals surface area contributed by atoms with Gasteiger partial charge in [0.2, 0.25) is 5.82 Å². The maximum Gasteiger partial charge on any atom is 0.201 e. The molecule has 0 atom stereocenters. The lowest BCUT2D eigenvalue weighted by Gasteiger charge is -2.28. The Morgan fingerprint density at radius 3 is 2.26 bits per heavy atom. The summed E-state index contributed by atoms with van der Waals surface area (Å²) in [6.45, 7) is 2.15. The van der Waals surface area contributed by atoms with E-state index in [1.54, 1.807) is 6.07 Å². The van der Waals surface area contributed by atoms with Gasteiger partial charge in [0.1, 0.15) is 0 Å². The average molecular weight is 326 g/mol. The van der Waals surface area contributed by atoms with Crippen molar-refractivity contribution in [2.24, 2.45) is 11.8 Å². The van der Waals surface area contributed by atoms with Crippen LogP contribution in [-0.2, 0) is 11.2 Å². The number of halogens is 2. The third-order valence-corrected chi connectivity index (χ3v) is 4.94. The Morgan fingerprint density at radius 1 is 1.00 bits per heavy atom. The van der Waals surface area contributed by atoms with Gasteiger partial charge in [0, 0.05) is 7.11 Å². The number of hydrogen-bond acceptors (Lipinski definition) is 2. The molecule has 0 bridgehead atoms. The van der Waals surface area contributed by atoms with E-state index in [0.717, 1.165) is 12.3 Å². The Kier molecular flexibility index (Phi) is 7.28. The molecule has 0 saturated heterocycles. The minimum atomic E-state index is -0.911. The highest BCUT2D eigenvalue weighted by Gasteiger charge is 2.21. The first-order valence-corrected chi connectivity index (χ1v) is 8.74. The van der Waals surface area contributed by atoms with Crippen molar-refractivity contribution in [2.45, 2.75) is 58.3 Å². The molecule has 2 nitrogen and oxygen atoms in total. The van der Waals surface area contributed by atoms with Crippen LogP contribution in [0, 0.1) is 23.5 Å². The summed E-state index contributed by atoms with van der Waals surface area (Å²) in [5, 5.41) is 0. The molecule has 0 aromatic heterocycles. The Bertz CT molecular complexity index is 483. The van der Waals surface area contributed by atoms with E-state index < -0.39 is 11.6 Å². The van der Waals surface area contributed by atoms with E-state index in [0.29, 0.717) is 17.9 Å². The highest BCUT2D eigenvalue weighted by atomic mass is 19.2. The number of benzene rings is 1. The lowest BCUT2D eigenvalue weighted by atomic mass is 9.78. The predicted molar refractivity (Wildman–Crippen MR) is 87.5 cm³/mol. The monoisotopic (exact) mass is 326 g/mol. The normalized spacial score (nSPS) is 21.4. The zero-order chi connectivity index (χ0) is 16.7. The van der Waals surface area contributed by atoms with Crippen LogP contribution in [0.25, 0.3) is 0 Å². The van der Waals surface area contributed by atoms with Crippen LogP contribution in [0.5, 0.6) is 5.75 Å². The summed E-state index contributed by atoms with van der Waals surface area (Å²) in [5.74, 6) is -0.254. The SMILES string of the molecule is CCCC1CCC(CCc2ccc(OCOC)c(F)c2F)CC1. The fraction of sp³-hybridized carbons (Fsp3) is 0.684. The van der Waals surface area contributed by atoms with Crippen molar-refractivity contribution in [1.29, 1.82) is 0 Å². The summed E-state index contributed by atoms with van der Waals surface area (Å²) in [7, 11) is 1.44. The van der Waals surface area contributed by atoms with Gasteiger partial charge in [-0.25, -0.2) is 4.39 Å². The van der Waals surface area contributed by atoms with Gasteiger partial charge in [-0.05, 0) is 36.3 Å². The minimum Gasteiger partial charge on any atom is -0.464 e. The fourth-order valence-corrected chi connectivity index (χ4v) is 3.58. The van der Waals surface area contributed by atoms with Gasteiger partial charge in [0.15, 0.2) is 18.4 Å². The van der Waals surface area contributed by atoms with Crippen molar-refractivity contribution < 1.29 is 18.3 Å². The van der Waals surface area contributed by atoms with Crippen molar-refractivity contribution >= 4 is 0 Å². The molecule has 1 aliphatic carbocycles. The Balaban J connectivity index is 1.85. The summed E-state index contributed by atoms with van der Waals surface area (Å²) < 4.78 is 37.8. The molecular weight excluding hydrogens is 298 g/mol. The molecule has 23 heavy (non-hydrogen) atoms. The lowest BCUT2D eigenvalue weighted by Crippen LogP contribution is -2.15. The quantitative estimate of drug-likeness (QED) is 0.588. The Labute approximate surface area is 138 Å². The molecule has 0 N–H and O–H groups in total. The smallest absolute Gasteiger partial charge is 0.201 e. The number of aryl methyl sites for hydroxylation is 1. The summed E-state index contributed by atoms with van der Waals surface area (Å²) in [5.41, 5.74) is 0.447. The molecule has 0 radical (unpaired) electrons. The maximum absolute atomic E-state index is 14.1. The molecule has 1 fully saturated rings. The maximum atomic E-state index is 14.1. The molecule has 0 heterocycles. The standard InChI is InChI=1S/C19H28F2O2/c1-3-4-14-5-7-15(8-6-14)9-10-16-11-12-17(23-13-22-2)19(21)18(16)20/h11-12,14-15H,3-10,13H2,1-2H3. The first kappa shape index (κ1) is 18.2. The minimum absolute atomic E-state index is 0.0866. The summed E-state index contributed by atoms with van der Waals surface area (Å²) in [6, 6.07) is 3.12. The highest BCUT2D eigenvalue weighted by molar-refractivity contribution is 5.31. The number of hydrogen-bond donors (Lipinski definition) is 0. The predicted octanol–water partition coefficient (Wildman–Crippen LogP) is 5.49. The number of ether oxygens (including phenoxy) is 2. The molecule has 2 rings (SSSR count). The van der Waals surface area contributed by atoms with Gasteiger partial charge in [-0.2, -0.15) is 4.39 Å². The zero-order valence-corrected chi connectivity index (χ0v) is 14.2. The van der Waals surface area contributed by atoms with Crippen molar-refractivity contribution in [2.75, 3.05) is 13.9 Å². The van der Waals surface area contributed by atoms with Gasteiger partial charge >= 0.3 is 0 Å². The lowest BCUT2D eigenvalue weighted by molar-refractivity contribution is 0.0477. The van der Waals surface area contributed by atoms with Crippen molar-refractivity contribution in [3.8, 4) is 5.75 Å². The second kappa shape index (κ2) is 9.21. The van der Waals surface area contributed by atoms with Gasteiger partial charge in [-0.1, -0.05) is 51.5 Å². The van der Waals surface area contributed by atoms with Crippen LogP contribution in [0.3, 0.4) is 0 Å². The van der Waals surface area contributed by atoms with E-state index in [1.165, 1.54) is 51.7 Å². The molecule has 0 unspecified atom stereocenters. The average Bonchev–Trinajstić information content (AvgIpc) is 2.57. The van der Waals surface area contributed by atoms with E-state index in [4.69, 9.17) is 9.47 Å². The zero-order valence-electron chi connectivity index (χ0n) is 14.2. The van der Waals surface area contributed by atoms with Crippen molar-refractivity contribution in [3.05, 3.63) is 29.3 Å². The molecule has 1 aromatic rings. The van der Waals surface area contributed by atoms with Gasteiger partial charge in [0.25, 0.3) is 0 Å². The van der Waals surface area contributed by atoms with Crippen molar-refractivity contribution in [1.82, 2.24) is 0 Å². The fourth-order valence-electron chi connectivity index (χ4n) is 3.58. The van der Waals surface area contributed by atoms with Crippen LogP contribution in [-0.4, -0.2) is 13.9 Å². The van der Waals surface area contributed by atoms with E-state index in [2.05, 4.69) is 6.92 Å². The van der Waals surface area contributed by atoms with Crippen LogP contribution in [0.1, 0.15) is 57.4 Å². The molecule has 130 valence electrons. The molecule has 1 saturated carbocycles. The van der Waals surface area contributed by atoms with E-state index in [-0.39, 0.29) is 12.5 Å². The Morgan fingerprint density at radius 2 is 1.65 bits per heavy atom. The Hall–Kier alpha value is -1.16.